The van der Waals surface area contributed by atoms with Crippen molar-refractivity contribution in [3.05, 3.63) is 89.4 Å². The average Bonchev–Trinajstić information content (AvgIpc) is 2.83. The maximum atomic E-state index is 13.0. The van der Waals surface area contributed by atoms with Gasteiger partial charge in [0.05, 0.1) is 0 Å². The van der Waals surface area contributed by atoms with Crippen LogP contribution in [0, 0.1) is 5.82 Å². The lowest BCUT2D eigenvalue weighted by Crippen LogP contribution is -2.37. The Morgan fingerprint density at radius 2 is 1.88 bits per heavy atom. The lowest BCUT2D eigenvalue weighted by molar-refractivity contribution is 0.0963. The molecule has 2 aromatic carbocycles. The highest BCUT2D eigenvalue weighted by Crippen LogP contribution is 2.19. The van der Waals surface area contributed by atoms with Gasteiger partial charge in [-0.2, -0.15) is 0 Å². The minimum atomic E-state index is -0.314. The van der Waals surface area contributed by atoms with Gasteiger partial charge in [0.2, 0.25) is 5.88 Å². The van der Waals surface area contributed by atoms with Gasteiger partial charge in [0.1, 0.15) is 11.6 Å². The molecule has 3 N–H and O–H groups in total. The van der Waals surface area contributed by atoms with E-state index in [-0.39, 0.29) is 11.7 Å². The van der Waals surface area contributed by atoms with Crippen molar-refractivity contribution in [3.8, 4) is 11.6 Å². The minimum absolute atomic E-state index is 0.0972. The number of nitrogens with one attached hydrogen (secondary N) is 3. The van der Waals surface area contributed by atoms with Gasteiger partial charge in [0.25, 0.3) is 5.91 Å². The number of hydrogen-bond donors (Lipinski definition) is 3. The lowest BCUT2D eigenvalue weighted by Gasteiger charge is -2.12. The SMILES string of the molecule is CN=C(NCCc1cccc(C(=O)NC)c1)NCc1ccc(Oc2ccc(F)cc2)nc1. The van der Waals surface area contributed by atoms with Crippen LogP contribution in [-0.4, -0.2) is 37.5 Å². The number of nitrogens with zero attached hydrogens (tertiary/aromatic N) is 2. The first-order valence-corrected chi connectivity index (χ1v) is 10.2. The van der Waals surface area contributed by atoms with E-state index >= 15 is 0 Å². The first kappa shape index (κ1) is 22.7. The van der Waals surface area contributed by atoms with Gasteiger partial charge in [0.15, 0.2) is 5.96 Å². The fourth-order valence-electron chi connectivity index (χ4n) is 2.94. The summed E-state index contributed by atoms with van der Waals surface area (Å²) in [4.78, 5) is 20.3. The highest BCUT2D eigenvalue weighted by atomic mass is 19.1. The van der Waals surface area contributed by atoms with Gasteiger partial charge in [-0.3, -0.25) is 9.79 Å². The first-order chi connectivity index (χ1) is 15.6. The van der Waals surface area contributed by atoms with Gasteiger partial charge in [-0.15, -0.1) is 0 Å². The summed E-state index contributed by atoms with van der Waals surface area (Å²) in [6, 6.07) is 17.0. The van der Waals surface area contributed by atoms with Crippen LogP contribution < -0.4 is 20.7 Å². The topological polar surface area (TPSA) is 87.6 Å². The average molecular weight is 436 g/mol. The quantitative estimate of drug-likeness (QED) is 0.373. The Balaban J connectivity index is 1.45. The number of carbonyl (C=O) groups excluding carboxylic acids is 1. The standard InChI is InChI=1S/C24H26FN5O2/c1-26-23(31)19-5-3-4-17(14-19)12-13-28-24(27-2)30-16-18-6-11-22(29-15-18)32-21-9-7-20(25)8-10-21/h3-11,14-15H,12-13,16H2,1-2H3,(H,26,31)(H2,27,28,30). The lowest BCUT2D eigenvalue weighted by atomic mass is 10.1. The number of aliphatic imine (C=N–C) groups is 1. The second-order valence-electron chi connectivity index (χ2n) is 6.94. The fraction of sp³-hybridized carbons (Fsp3) is 0.208. The van der Waals surface area contributed by atoms with E-state index < -0.39 is 0 Å². The normalized spacial score (nSPS) is 11.0. The number of amides is 1. The van der Waals surface area contributed by atoms with Gasteiger partial charge in [-0.25, -0.2) is 9.37 Å². The zero-order chi connectivity index (χ0) is 22.8. The monoisotopic (exact) mass is 435 g/mol. The molecule has 0 saturated heterocycles. The van der Waals surface area contributed by atoms with Crippen molar-refractivity contribution in [2.45, 2.75) is 13.0 Å². The number of guanidine groups is 1. The van der Waals surface area contributed by atoms with Crippen LogP contribution in [0.4, 0.5) is 4.39 Å². The van der Waals surface area contributed by atoms with Crippen LogP contribution >= 0.6 is 0 Å². The predicted octanol–water partition coefficient (Wildman–Crippen LogP) is 3.28. The summed E-state index contributed by atoms with van der Waals surface area (Å²) < 4.78 is 18.6. The van der Waals surface area contributed by atoms with E-state index in [2.05, 4.69) is 25.9 Å². The van der Waals surface area contributed by atoms with E-state index in [0.717, 1.165) is 17.5 Å². The molecule has 3 rings (SSSR count). The molecule has 0 aliphatic carbocycles. The Hall–Kier alpha value is -3.94. The molecule has 0 unspecified atom stereocenters. The van der Waals surface area contributed by atoms with Crippen LogP contribution in [0.2, 0.25) is 0 Å². The van der Waals surface area contributed by atoms with Gasteiger partial charge in [-0.1, -0.05) is 18.2 Å². The van der Waals surface area contributed by atoms with Crippen molar-refractivity contribution < 1.29 is 13.9 Å². The molecular formula is C24H26FN5O2. The predicted molar refractivity (Wildman–Crippen MR) is 122 cm³/mol. The van der Waals surface area contributed by atoms with Crippen LogP contribution in [0.1, 0.15) is 21.5 Å². The van der Waals surface area contributed by atoms with E-state index in [1.165, 1.54) is 12.1 Å². The molecule has 0 saturated carbocycles. The summed E-state index contributed by atoms with van der Waals surface area (Å²) in [5.74, 6) is 1.21. The van der Waals surface area contributed by atoms with Gasteiger partial charge in [0, 0.05) is 45.0 Å². The third-order valence-electron chi connectivity index (χ3n) is 4.64. The number of benzene rings is 2. The van der Waals surface area contributed by atoms with Crippen LogP contribution in [0.15, 0.2) is 71.9 Å². The molecule has 0 radical (unpaired) electrons. The Morgan fingerprint density at radius 3 is 2.56 bits per heavy atom. The maximum Gasteiger partial charge on any atom is 0.251 e. The smallest absolute Gasteiger partial charge is 0.251 e. The molecule has 0 spiro atoms. The zero-order valence-electron chi connectivity index (χ0n) is 18.1. The summed E-state index contributed by atoms with van der Waals surface area (Å²) in [6.07, 6.45) is 2.46. The molecule has 0 atom stereocenters. The Labute approximate surface area is 186 Å². The molecular weight excluding hydrogens is 409 g/mol. The molecule has 7 nitrogen and oxygen atoms in total. The number of ether oxygens (including phenoxy) is 1. The molecule has 0 aliphatic rings. The second kappa shape index (κ2) is 11.5. The largest absolute Gasteiger partial charge is 0.439 e. The number of hydrogen-bond acceptors (Lipinski definition) is 4. The van der Waals surface area contributed by atoms with Crippen molar-refractivity contribution in [2.24, 2.45) is 4.99 Å². The summed E-state index contributed by atoms with van der Waals surface area (Å²) in [5, 5.41) is 9.13. The first-order valence-electron chi connectivity index (χ1n) is 10.2. The maximum absolute atomic E-state index is 13.0. The number of rotatable bonds is 8. The molecule has 1 heterocycles. The van der Waals surface area contributed by atoms with E-state index in [9.17, 15) is 9.18 Å². The van der Waals surface area contributed by atoms with Crippen LogP contribution in [-0.2, 0) is 13.0 Å². The number of halogens is 1. The van der Waals surface area contributed by atoms with Crippen LogP contribution in [0.3, 0.4) is 0 Å². The molecule has 1 amide bonds. The van der Waals surface area contributed by atoms with E-state index in [1.807, 2.05) is 24.3 Å². The molecule has 8 heteroatoms. The van der Waals surface area contributed by atoms with Crippen molar-refractivity contribution in [2.75, 3.05) is 20.6 Å². The molecule has 32 heavy (non-hydrogen) atoms. The number of carbonyl (C=O) groups is 1. The second-order valence-corrected chi connectivity index (χ2v) is 6.94. The Bertz CT molecular complexity index is 1050. The third-order valence-corrected chi connectivity index (χ3v) is 4.64. The van der Waals surface area contributed by atoms with Crippen LogP contribution in [0.5, 0.6) is 11.6 Å². The molecule has 3 aromatic rings. The van der Waals surface area contributed by atoms with E-state index in [0.29, 0.717) is 36.2 Å². The van der Waals surface area contributed by atoms with Gasteiger partial charge >= 0.3 is 0 Å². The van der Waals surface area contributed by atoms with Crippen molar-refractivity contribution in [1.82, 2.24) is 20.9 Å². The van der Waals surface area contributed by atoms with Crippen molar-refractivity contribution in [1.29, 1.82) is 0 Å². The molecule has 0 bridgehead atoms. The zero-order valence-corrected chi connectivity index (χ0v) is 18.1. The summed E-state index contributed by atoms with van der Waals surface area (Å²) >= 11 is 0. The van der Waals surface area contributed by atoms with E-state index in [4.69, 9.17) is 4.74 Å². The summed E-state index contributed by atoms with van der Waals surface area (Å²) in [5.41, 5.74) is 2.67. The third kappa shape index (κ3) is 6.80. The fourth-order valence-corrected chi connectivity index (χ4v) is 2.94. The summed E-state index contributed by atoms with van der Waals surface area (Å²) in [7, 11) is 3.33. The molecule has 166 valence electrons. The van der Waals surface area contributed by atoms with Gasteiger partial charge < -0.3 is 20.7 Å². The van der Waals surface area contributed by atoms with Crippen molar-refractivity contribution >= 4 is 11.9 Å². The van der Waals surface area contributed by atoms with Crippen molar-refractivity contribution in [3.63, 3.8) is 0 Å². The summed E-state index contributed by atoms with van der Waals surface area (Å²) in [6.45, 7) is 1.20. The Morgan fingerprint density at radius 1 is 1.06 bits per heavy atom. The minimum Gasteiger partial charge on any atom is -0.439 e. The number of aromatic nitrogens is 1. The Kier molecular flexibility index (Phi) is 8.14. The molecule has 0 fully saturated rings. The van der Waals surface area contributed by atoms with E-state index in [1.54, 1.807) is 44.6 Å². The van der Waals surface area contributed by atoms with Crippen LogP contribution in [0.25, 0.3) is 0 Å². The van der Waals surface area contributed by atoms with Gasteiger partial charge in [-0.05, 0) is 53.9 Å². The number of pyridine rings is 1. The highest BCUT2D eigenvalue weighted by molar-refractivity contribution is 5.94. The molecule has 1 aromatic heterocycles. The molecule has 0 aliphatic heterocycles. The highest BCUT2D eigenvalue weighted by Gasteiger charge is 2.05.